The molecule has 5 rings (SSSR count). The molecular weight excluding hydrogens is 530 g/mol. The second-order valence-corrected chi connectivity index (χ2v) is 12.1. The topological polar surface area (TPSA) is 86.0 Å². The lowest BCUT2D eigenvalue weighted by molar-refractivity contribution is -0.00830. The van der Waals surface area contributed by atoms with Crippen LogP contribution in [0.15, 0.2) is 48.7 Å². The number of carbonyl (C=O) groups excluding carboxylic acids is 1. The molecule has 0 aliphatic carbocycles. The molecule has 0 spiro atoms. The Morgan fingerprint density at radius 1 is 1.19 bits per heavy atom. The van der Waals surface area contributed by atoms with E-state index in [-0.39, 0.29) is 12.1 Å². The van der Waals surface area contributed by atoms with Gasteiger partial charge in [-0.05, 0) is 83.2 Å². The molecule has 0 amide bonds. The van der Waals surface area contributed by atoms with Crippen LogP contribution in [0.4, 0.5) is 4.79 Å². The quantitative estimate of drug-likeness (QED) is 0.311. The number of ether oxygens (including phenoxy) is 4. The summed E-state index contributed by atoms with van der Waals surface area (Å²) in [5.74, 6) is 1.54. The number of benzene rings is 2. The first-order chi connectivity index (χ1) is 20.2. The van der Waals surface area contributed by atoms with Crippen molar-refractivity contribution in [2.24, 2.45) is 0 Å². The minimum atomic E-state index is -0.604. The molecule has 1 fully saturated rings. The van der Waals surface area contributed by atoms with Gasteiger partial charge in [-0.15, -0.1) is 0 Å². The summed E-state index contributed by atoms with van der Waals surface area (Å²) in [6, 6.07) is 12.0. The van der Waals surface area contributed by atoms with E-state index in [4.69, 9.17) is 18.9 Å². The fourth-order valence-corrected chi connectivity index (χ4v) is 5.99. The molecule has 2 aromatic carbocycles. The second-order valence-electron chi connectivity index (χ2n) is 12.1. The van der Waals surface area contributed by atoms with Gasteiger partial charge in [0.2, 0.25) is 0 Å². The third-order valence-corrected chi connectivity index (χ3v) is 7.94. The van der Waals surface area contributed by atoms with Crippen LogP contribution >= 0.6 is 0 Å². The van der Waals surface area contributed by atoms with E-state index in [9.17, 15) is 10.1 Å². The molecule has 2 aliphatic heterocycles. The van der Waals surface area contributed by atoms with Gasteiger partial charge >= 0.3 is 6.09 Å². The number of carbonyl (C=O) groups is 1. The van der Waals surface area contributed by atoms with Crippen molar-refractivity contribution in [2.45, 2.75) is 77.7 Å². The highest BCUT2D eigenvalue weighted by Gasteiger charge is 2.33. The van der Waals surface area contributed by atoms with Gasteiger partial charge in [0.25, 0.3) is 0 Å². The van der Waals surface area contributed by atoms with E-state index >= 15 is 0 Å². The predicted octanol–water partition coefficient (Wildman–Crippen LogP) is 7.06. The zero-order valence-corrected chi connectivity index (χ0v) is 25.3. The first-order valence-corrected chi connectivity index (χ1v) is 14.8. The van der Waals surface area contributed by atoms with E-state index in [2.05, 4.69) is 23.1 Å². The van der Waals surface area contributed by atoms with Crippen molar-refractivity contribution in [3.8, 4) is 17.6 Å². The van der Waals surface area contributed by atoms with Crippen LogP contribution in [0.1, 0.15) is 74.8 Å². The number of likely N-dealkylation sites (tertiary alicyclic amines) is 1. The molecule has 2 atom stereocenters. The van der Waals surface area contributed by atoms with Crippen molar-refractivity contribution in [3.05, 3.63) is 70.9 Å². The summed E-state index contributed by atoms with van der Waals surface area (Å²) in [6.45, 7) is 10.2. The molecule has 0 unspecified atom stereocenters. The van der Waals surface area contributed by atoms with Crippen LogP contribution in [-0.2, 0) is 16.0 Å². The van der Waals surface area contributed by atoms with Gasteiger partial charge in [0, 0.05) is 41.8 Å². The Hall–Kier alpha value is -3.80. The number of methoxy groups -OCH3 is 1. The summed E-state index contributed by atoms with van der Waals surface area (Å²) in [6.07, 6.45) is 9.24. The van der Waals surface area contributed by atoms with E-state index in [1.54, 1.807) is 17.9 Å². The molecule has 1 aromatic heterocycles. The standard InChI is InChI=1S/C34H41N3O5/c1-23-18-30(39-5)28(26-13-15-37(32(23)26)33(38)42-34(2,3)4)22-36-14-12-25-20-29(36)27-11-10-24(21-35)19-31(27)41-17-9-7-6-8-16-40-25/h6,8,10-11,13,15,18-19,25,29H,7,9,12,14,16-17,20,22H2,1-5H3/b8-6-/t25-,29-/m0/s1. The minimum absolute atomic E-state index is 0.00484. The summed E-state index contributed by atoms with van der Waals surface area (Å²) in [4.78, 5) is 15.6. The number of allylic oxidation sites excluding steroid dienone is 1. The summed E-state index contributed by atoms with van der Waals surface area (Å²) in [7, 11) is 1.69. The van der Waals surface area contributed by atoms with E-state index in [0.717, 1.165) is 71.3 Å². The Morgan fingerprint density at radius 2 is 2.02 bits per heavy atom. The third-order valence-electron chi connectivity index (χ3n) is 7.94. The highest BCUT2D eigenvalue weighted by molar-refractivity contribution is 5.95. The van der Waals surface area contributed by atoms with Crippen molar-refractivity contribution in [3.63, 3.8) is 0 Å². The van der Waals surface area contributed by atoms with E-state index in [0.29, 0.717) is 25.3 Å². The van der Waals surface area contributed by atoms with Gasteiger partial charge in [0.15, 0.2) is 0 Å². The zero-order valence-electron chi connectivity index (χ0n) is 25.3. The van der Waals surface area contributed by atoms with Crippen molar-refractivity contribution >= 4 is 17.0 Å². The van der Waals surface area contributed by atoms with Gasteiger partial charge in [0.05, 0.1) is 43.6 Å². The zero-order chi connectivity index (χ0) is 29.9. The number of nitrogens with zero attached hydrogens (tertiary/aromatic N) is 3. The van der Waals surface area contributed by atoms with Gasteiger partial charge < -0.3 is 18.9 Å². The molecule has 3 heterocycles. The molecule has 0 radical (unpaired) electrons. The highest BCUT2D eigenvalue weighted by Crippen LogP contribution is 2.41. The molecule has 2 bridgehead atoms. The minimum Gasteiger partial charge on any atom is -0.496 e. The van der Waals surface area contributed by atoms with Crippen LogP contribution < -0.4 is 9.47 Å². The molecule has 222 valence electrons. The number of nitriles is 1. The molecule has 42 heavy (non-hydrogen) atoms. The van der Waals surface area contributed by atoms with Gasteiger partial charge in [-0.2, -0.15) is 5.26 Å². The molecule has 1 saturated heterocycles. The maximum absolute atomic E-state index is 13.1. The van der Waals surface area contributed by atoms with Crippen LogP contribution in [0.5, 0.6) is 11.5 Å². The average Bonchev–Trinajstić information content (AvgIpc) is 3.41. The molecule has 8 nitrogen and oxygen atoms in total. The summed E-state index contributed by atoms with van der Waals surface area (Å²) >= 11 is 0. The fourth-order valence-electron chi connectivity index (χ4n) is 5.99. The second kappa shape index (κ2) is 12.6. The number of hydrogen-bond acceptors (Lipinski definition) is 7. The lowest BCUT2D eigenvalue weighted by Gasteiger charge is -2.40. The van der Waals surface area contributed by atoms with Crippen molar-refractivity contribution < 1.29 is 23.7 Å². The highest BCUT2D eigenvalue weighted by atomic mass is 16.6. The Labute approximate surface area is 248 Å². The number of piperidine rings is 1. The molecule has 0 N–H and O–H groups in total. The number of aryl methyl sites for hydroxylation is 1. The smallest absolute Gasteiger partial charge is 0.419 e. The number of aromatic nitrogens is 1. The summed E-state index contributed by atoms with van der Waals surface area (Å²) < 4.78 is 25.8. The van der Waals surface area contributed by atoms with Crippen LogP contribution in [0.3, 0.4) is 0 Å². The van der Waals surface area contributed by atoms with Crippen molar-refractivity contribution in [2.75, 3.05) is 26.9 Å². The first-order valence-electron chi connectivity index (χ1n) is 14.8. The Morgan fingerprint density at radius 3 is 2.79 bits per heavy atom. The van der Waals surface area contributed by atoms with E-state index in [1.807, 2.05) is 58.0 Å². The van der Waals surface area contributed by atoms with Gasteiger partial charge in [-0.25, -0.2) is 4.79 Å². The predicted molar refractivity (Wildman–Crippen MR) is 162 cm³/mol. The number of hydrogen-bond donors (Lipinski definition) is 0. The fraction of sp³-hybridized carbons (Fsp3) is 0.471. The summed E-state index contributed by atoms with van der Waals surface area (Å²) in [5.41, 5.74) is 3.81. The molecule has 0 saturated carbocycles. The monoisotopic (exact) mass is 571 g/mol. The Balaban J connectivity index is 1.56. The maximum Gasteiger partial charge on any atom is 0.419 e. The molecule has 2 aliphatic rings. The molecule has 3 aromatic rings. The largest absolute Gasteiger partial charge is 0.496 e. The lowest BCUT2D eigenvalue weighted by Crippen LogP contribution is -2.39. The van der Waals surface area contributed by atoms with E-state index < -0.39 is 11.7 Å². The van der Waals surface area contributed by atoms with E-state index in [1.165, 1.54) is 0 Å². The Kier molecular flexibility index (Phi) is 8.91. The lowest BCUT2D eigenvalue weighted by atomic mass is 9.91. The average molecular weight is 572 g/mol. The van der Waals surface area contributed by atoms with Crippen LogP contribution in [0, 0.1) is 18.3 Å². The third kappa shape index (κ3) is 6.48. The molecule has 8 heteroatoms. The van der Waals surface area contributed by atoms with Gasteiger partial charge in [-0.3, -0.25) is 9.47 Å². The number of rotatable bonds is 3. The van der Waals surface area contributed by atoms with Crippen molar-refractivity contribution in [1.29, 1.82) is 5.26 Å². The number of fused-ring (bicyclic) bond motifs is 5. The maximum atomic E-state index is 13.1. The molecular formula is C34H41N3O5. The van der Waals surface area contributed by atoms with Crippen molar-refractivity contribution in [1.82, 2.24) is 9.47 Å². The SMILES string of the molecule is COc1cc(C)c2c(ccn2C(=O)OC(C)(C)C)c1CN1CC[C@H]2C[C@H]1c1ccc(C#N)cc1OCCC/C=C\CO2. The van der Waals surface area contributed by atoms with Crippen LogP contribution in [-0.4, -0.2) is 54.1 Å². The summed E-state index contributed by atoms with van der Waals surface area (Å²) in [5, 5.41) is 10.6. The normalized spacial score (nSPS) is 20.7. The van der Waals surface area contributed by atoms with Crippen LogP contribution in [0.2, 0.25) is 0 Å². The van der Waals surface area contributed by atoms with Gasteiger partial charge in [0.1, 0.15) is 17.1 Å². The first kappa shape index (κ1) is 29.7. The van der Waals surface area contributed by atoms with Gasteiger partial charge in [-0.1, -0.05) is 18.2 Å². The van der Waals surface area contributed by atoms with Crippen LogP contribution in [0.25, 0.3) is 10.9 Å². The Bertz CT molecular complexity index is 1510.